The molecule has 1 rings (SSSR count). The van der Waals surface area contributed by atoms with Crippen LogP contribution >= 0.6 is 0 Å². The van der Waals surface area contributed by atoms with Gasteiger partial charge in [0.1, 0.15) is 6.61 Å². The normalized spacial score (nSPS) is 15.3. The van der Waals surface area contributed by atoms with Crippen LogP contribution in [0.3, 0.4) is 0 Å². The molecule has 0 aliphatic carbocycles. The largest absolute Gasteiger partial charge is 0.411 e. The predicted octanol–water partition coefficient (Wildman–Crippen LogP) is 2.73. The summed E-state index contributed by atoms with van der Waals surface area (Å²) in [6.45, 7) is 2.70. The minimum absolute atomic E-state index is 0.118. The maximum atomic E-state index is 11.8. The molecule has 0 aliphatic heterocycles. The van der Waals surface area contributed by atoms with E-state index >= 15 is 0 Å². The number of hydrogen-bond donors (Lipinski definition) is 1. The maximum absolute atomic E-state index is 11.8. The Kier molecular flexibility index (Phi) is 6.48. The van der Waals surface area contributed by atoms with E-state index in [1.807, 2.05) is 23.9 Å². The lowest BCUT2D eigenvalue weighted by Crippen LogP contribution is -2.20. The zero-order valence-corrected chi connectivity index (χ0v) is 11.7. The average molecular weight is 294 g/mol. The molecule has 1 heterocycles. The van der Waals surface area contributed by atoms with E-state index in [0.29, 0.717) is 6.42 Å². The molecule has 0 saturated carbocycles. The van der Waals surface area contributed by atoms with Crippen LogP contribution in [0.1, 0.15) is 38.4 Å². The van der Waals surface area contributed by atoms with E-state index in [-0.39, 0.29) is 19.1 Å². The first-order chi connectivity index (χ1) is 9.31. The second-order valence-electron chi connectivity index (χ2n) is 4.86. The Morgan fingerprint density at radius 3 is 2.75 bits per heavy atom. The molecule has 0 aliphatic rings. The Morgan fingerprint density at radius 2 is 2.15 bits per heavy atom. The van der Waals surface area contributed by atoms with Crippen LogP contribution in [0.4, 0.5) is 13.2 Å². The van der Waals surface area contributed by atoms with Gasteiger partial charge in [-0.1, -0.05) is 6.92 Å². The van der Waals surface area contributed by atoms with Crippen molar-refractivity contribution in [3.63, 3.8) is 0 Å². The molecule has 1 aromatic heterocycles. The number of hydrogen-bond acceptors (Lipinski definition) is 3. The first-order valence-corrected chi connectivity index (χ1v) is 6.68. The second-order valence-corrected chi connectivity index (χ2v) is 4.86. The lowest BCUT2D eigenvalue weighted by Gasteiger charge is -2.11. The number of rotatable bonds is 8. The molecule has 0 amide bonds. The molecule has 116 valence electrons. The van der Waals surface area contributed by atoms with Gasteiger partial charge in [-0.25, -0.2) is 0 Å². The van der Waals surface area contributed by atoms with Gasteiger partial charge in [0.05, 0.1) is 11.8 Å². The van der Waals surface area contributed by atoms with E-state index in [1.165, 1.54) is 0 Å². The van der Waals surface area contributed by atoms with Crippen LogP contribution < -0.4 is 0 Å². The van der Waals surface area contributed by atoms with Gasteiger partial charge in [-0.2, -0.15) is 18.3 Å². The van der Waals surface area contributed by atoms with Crippen LogP contribution in [0.25, 0.3) is 0 Å². The van der Waals surface area contributed by atoms with Crippen molar-refractivity contribution in [2.45, 2.75) is 51.4 Å². The molecule has 0 radical (unpaired) electrons. The minimum atomic E-state index is -4.32. The number of nitrogens with zero attached hydrogens (tertiary/aromatic N) is 2. The van der Waals surface area contributed by atoms with Crippen LogP contribution in [-0.4, -0.2) is 40.4 Å². The second kappa shape index (κ2) is 7.64. The summed E-state index contributed by atoms with van der Waals surface area (Å²) >= 11 is 0. The highest BCUT2D eigenvalue weighted by Crippen LogP contribution is 2.15. The minimum Gasteiger partial charge on any atom is -0.393 e. The number of ether oxygens (including phenoxy) is 1. The Bertz CT molecular complexity index is 393. The number of aromatic nitrogens is 2. The molecule has 1 aromatic rings. The zero-order chi connectivity index (χ0) is 15.2. The van der Waals surface area contributed by atoms with Crippen molar-refractivity contribution in [2.24, 2.45) is 0 Å². The van der Waals surface area contributed by atoms with E-state index < -0.39 is 18.9 Å². The highest BCUT2D eigenvalue weighted by Gasteiger charge is 2.27. The molecule has 0 fully saturated rings. The molecule has 1 N–H and O–H groups in total. The third kappa shape index (κ3) is 6.38. The Balaban J connectivity index is 2.28. The van der Waals surface area contributed by atoms with Crippen molar-refractivity contribution in [2.75, 3.05) is 13.2 Å². The van der Waals surface area contributed by atoms with Gasteiger partial charge in [0.25, 0.3) is 0 Å². The van der Waals surface area contributed by atoms with Crippen molar-refractivity contribution >= 4 is 0 Å². The summed E-state index contributed by atoms with van der Waals surface area (Å²) in [7, 11) is 0. The predicted molar refractivity (Wildman–Crippen MR) is 68.4 cm³/mol. The van der Waals surface area contributed by atoms with Gasteiger partial charge in [-0.05, 0) is 25.8 Å². The van der Waals surface area contributed by atoms with Crippen LogP contribution in [0, 0.1) is 0 Å². The summed E-state index contributed by atoms with van der Waals surface area (Å²) < 4.78 is 41.8. The molecular formula is C13H21F3N2O2. The highest BCUT2D eigenvalue weighted by atomic mass is 19.4. The lowest BCUT2D eigenvalue weighted by atomic mass is 10.1. The van der Waals surface area contributed by atoms with Gasteiger partial charge in [0, 0.05) is 25.3 Å². The first-order valence-electron chi connectivity index (χ1n) is 6.68. The van der Waals surface area contributed by atoms with Crippen molar-refractivity contribution in [3.05, 3.63) is 18.0 Å². The Hall–Kier alpha value is -1.08. The lowest BCUT2D eigenvalue weighted by molar-refractivity contribution is -0.175. The molecule has 4 nitrogen and oxygen atoms in total. The number of halogens is 3. The van der Waals surface area contributed by atoms with E-state index in [0.717, 1.165) is 12.1 Å². The van der Waals surface area contributed by atoms with Crippen molar-refractivity contribution in [1.29, 1.82) is 0 Å². The van der Waals surface area contributed by atoms with Crippen LogP contribution in [0.2, 0.25) is 0 Å². The van der Waals surface area contributed by atoms with Gasteiger partial charge in [0.2, 0.25) is 0 Å². The van der Waals surface area contributed by atoms with Crippen LogP contribution in [0.15, 0.2) is 12.3 Å². The maximum Gasteiger partial charge on any atom is 0.411 e. The smallest absolute Gasteiger partial charge is 0.393 e. The van der Waals surface area contributed by atoms with Crippen LogP contribution in [0.5, 0.6) is 0 Å². The Morgan fingerprint density at radius 1 is 1.45 bits per heavy atom. The van der Waals surface area contributed by atoms with Gasteiger partial charge in [0.15, 0.2) is 0 Å². The molecule has 2 unspecified atom stereocenters. The standard InChI is InChI=1S/C13H21F3N2O2/c1-3-10(2)18-6-4-11(17-18)8-12(19)5-7-20-9-13(14,15)16/h4,6,10,12,19H,3,5,7-9H2,1-2H3. The summed E-state index contributed by atoms with van der Waals surface area (Å²) in [5.41, 5.74) is 0.730. The molecular weight excluding hydrogens is 273 g/mol. The molecule has 2 atom stereocenters. The van der Waals surface area contributed by atoms with Gasteiger partial charge >= 0.3 is 6.18 Å². The zero-order valence-electron chi connectivity index (χ0n) is 11.7. The topological polar surface area (TPSA) is 47.3 Å². The number of aliphatic hydroxyl groups excluding tert-OH is 1. The fourth-order valence-electron chi connectivity index (χ4n) is 1.67. The van der Waals surface area contributed by atoms with Gasteiger partial charge in [-0.15, -0.1) is 0 Å². The summed E-state index contributed by atoms with van der Waals surface area (Å²) in [5.74, 6) is 0. The van der Waals surface area contributed by atoms with Crippen molar-refractivity contribution < 1.29 is 23.0 Å². The molecule has 7 heteroatoms. The van der Waals surface area contributed by atoms with E-state index in [9.17, 15) is 18.3 Å². The molecule has 0 bridgehead atoms. The van der Waals surface area contributed by atoms with E-state index in [4.69, 9.17) is 0 Å². The number of aliphatic hydroxyl groups is 1. The third-order valence-electron chi connectivity index (χ3n) is 3.01. The van der Waals surface area contributed by atoms with Crippen molar-refractivity contribution in [1.82, 2.24) is 9.78 Å². The SMILES string of the molecule is CCC(C)n1ccc(CC(O)CCOCC(F)(F)F)n1. The monoisotopic (exact) mass is 294 g/mol. The fraction of sp³-hybridized carbons (Fsp3) is 0.769. The summed E-state index contributed by atoms with van der Waals surface area (Å²) in [6, 6.07) is 2.10. The fourth-order valence-corrected chi connectivity index (χ4v) is 1.67. The van der Waals surface area contributed by atoms with E-state index in [1.54, 1.807) is 0 Å². The molecule has 0 aromatic carbocycles. The summed E-state index contributed by atoms with van der Waals surface area (Å²) in [5, 5.41) is 14.1. The third-order valence-corrected chi connectivity index (χ3v) is 3.01. The first kappa shape index (κ1) is 17.0. The molecule has 0 spiro atoms. The summed E-state index contributed by atoms with van der Waals surface area (Å²) in [4.78, 5) is 0. The summed E-state index contributed by atoms with van der Waals surface area (Å²) in [6.07, 6.45) is -1.79. The molecule has 0 saturated heterocycles. The average Bonchev–Trinajstić information content (AvgIpc) is 2.81. The highest BCUT2D eigenvalue weighted by molar-refractivity contribution is 5.01. The quantitative estimate of drug-likeness (QED) is 0.750. The Labute approximate surface area is 116 Å². The van der Waals surface area contributed by atoms with Crippen molar-refractivity contribution in [3.8, 4) is 0 Å². The van der Waals surface area contributed by atoms with E-state index in [2.05, 4.69) is 16.8 Å². The molecule has 20 heavy (non-hydrogen) atoms. The van der Waals surface area contributed by atoms with Gasteiger partial charge < -0.3 is 9.84 Å². The number of alkyl halides is 3. The van der Waals surface area contributed by atoms with Crippen LogP contribution in [-0.2, 0) is 11.2 Å². The van der Waals surface area contributed by atoms with Gasteiger partial charge in [-0.3, -0.25) is 4.68 Å².